The second-order valence-electron chi connectivity index (χ2n) is 5.64. The Bertz CT molecular complexity index is 840. The van der Waals surface area contributed by atoms with Crippen molar-refractivity contribution in [2.45, 2.75) is 19.1 Å². The molecule has 0 spiro atoms. The number of rotatable bonds is 3. The van der Waals surface area contributed by atoms with Crippen LogP contribution in [0.2, 0.25) is 0 Å². The third-order valence-corrected chi connectivity index (χ3v) is 6.37. The predicted molar refractivity (Wildman–Crippen MR) is 85.6 cm³/mol. The van der Waals surface area contributed by atoms with Gasteiger partial charge in [0.15, 0.2) is 9.84 Å². The second kappa shape index (κ2) is 5.35. The highest BCUT2D eigenvalue weighted by Gasteiger charge is 2.38. The van der Waals surface area contributed by atoms with E-state index in [-0.39, 0.29) is 11.7 Å². The largest absolute Gasteiger partial charge is 0.336 e. The minimum absolute atomic E-state index is 0.118. The molecule has 22 heavy (non-hydrogen) atoms. The van der Waals surface area contributed by atoms with E-state index < -0.39 is 15.1 Å². The van der Waals surface area contributed by atoms with Gasteiger partial charge in [0.1, 0.15) is 0 Å². The number of carbonyl (C=O) groups excluding carboxylic acids is 1. The van der Waals surface area contributed by atoms with Crippen molar-refractivity contribution >= 4 is 26.6 Å². The lowest BCUT2D eigenvalue weighted by Gasteiger charge is -2.38. The van der Waals surface area contributed by atoms with Gasteiger partial charge >= 0.3 is 0 Å². The summed E-state index contributed by atoms with van der Waals surface area (Å²) in [5, 5.41) is 0.539. The van der Waals surface area contributed by atoms with E-state index in [4.69, 9.17) is 0 Å². The summed E-state index contributed by atoms with van der Waals surface area (Å²) in [5.74, 6) is 0.00767. The summed E-state index contributed by atoms with van der Waals surface area (Å²) in [6.45, 7) is 4.20. The van der Waals surface area contributed by atoms with E-state index in [2.05, 4.69) is 4.98 Å². The average molecular weight is 318 g/mol. The van der Waals surface area contributed by atoms with Gasteiger partial charge in [0.05, 0.1) is 10.8 Å². The maximum absolute atomic E-state index is 12.5. The molecule has 6 heteroatoms. The van der Waals surface area contributed by atoms with Crippen molar-refractivity contribution in [2.24, 2.45) is 0 Å². The highest BCUT2D eigenvalue weighted by atomic mass is 32.2. The lowest BCUT2D eigenvalue weighted by atomic mass is 10.0. The van der Waals surface area contributed by atoms with Crippen molar-refractivity contribution in [3.05, 3.63) is 41.6 Å². The van der Waals surface area contributed by atoms with E-state index in [1.54, 1.807) is 24.1 Å². The molecule has 2 aromatic rings. The van der Waals surface area contributed by atoms with Gasteiger partial charge in [-0.3, -0.25) is 9.78 Å². The van der Waals surface area contributed by atoms with E-state index in [0.29, 0.717) is 18.7 Å². The topological polar surface area (TPSA) is 67.3 Å². The molecule has 0 saturated carbocycles. The first-order chi connectivity index (χ1) is 10.4. The van der Waals surface area contributed by atoms with Crippen LogP contribution in [-0.2, 0) is 9.84 Å². The fraction of sp³-hybridized carbons (Fsp3) is 0.375. The summed E-state index contributed by atoms with van der Waals surface area (Å²) in [5.41, 5.74) is 2.50. The molecule has 1 aromatic heterocycles. The summed E-state index contributed by atoms with van der Waals surface area (Å²) >= 11 is 0. The van der Waals surface area contributed by atoms with Gasteiger partial charge in [0, 0.05) is 36.0 Å². The number of nitrogens with zero attached hydrogens (tertiary/aromatic N) is 2. The number of carbonyl (C=O) groups is 1. The van der Waals surface area contributed by atoms with E-state index in [9.17, 15) is 13.2 Å². The van der Waals surface area contributed by atoms with E-state index in [1.165, 1.54) is 0 Å². The normalized spacial score (nSPS) is 15.8. The van der Waals surface area contributed by atoms with Crippen LogP contribution in [0, 0.1) is 6.92 Å². The Morgan fingerprint density at radius 2 is 2.05 bits per heavy atom. The molecule has 0 unspecified atom stereocenters. The van der Waals surface area contributed by atoms with Crippen LogP contribution in [0.15, 0.2) is 30.5 Å². The SMILES string of the molecule is CCS(=O)(=O)C1CN(C(=O)c2ccc3nccc(C)c3c2)C1. The number of hydrogen-bond donors (Lipinski definition) is 0. The Kier molecular flexibility index (Phi) is 3.64. The lowest BCUT2D eigenvalue weighted by Crippen LogP contribution is -2.57. The lowest BCUT2D eigenvalue weighted by molar-refractivity contribution is 0.0659. The Morgan fingerprint density at radius 3 is 2.73 bits per heavy atom. The second-order valence-corrected chi connectivity index (χ2v) is 8.21. The molecule has 5 nitrogen and oxygen atoms in total. The van der Waals surface area contributed by atoms with Gasteiger partial charge in [-0.05, 0) is 36.8 Å². The van der Waals surface area contributed by atoms with Gasteiger partial charge in [-0.1, -0.05) is 6.92 Å². The van der Waals surface area contributed by atoms with Crippen molar-refractivity contribution < 1.29 is 13.2 Å². The first kappa shape index (κ1) is 15.0. The maximum atomic E-state index is 12.5. The molecule has 0 atom stereocenters. The number of aromatic nitrogens is 1. The monoisotopic (exact) mass is 318 g/mol. The fourth-order valence-electron chi connectivity index (χ4n) is 2.67. The zero-order valence-electron chi connectivity index (χ0n) is 12.6. The molecule has 2 heterocycles. The van der Waals surface area contributed by atoms with Crippen LogP contribution in [0.3, 0.4) is 0 Å². The first-order valence-electron chi connectivity index (χ1n) is 7.28. The van der Waals surface area contributed by atoms with Crippen molar-refractivity contribution in [2.75, 3.05) is 18.8 Å². The summed E-state index contributed by atoms with van der Waals surface area (Å²) < 4.78 is 23.5. The smallest absolute Gasteiger partial charge is 0.253 e. The van der Waals surface area contributed by atoms with Crippen LogP contribution in [0.25, 0.3) is 10.9 Å². The number of likely N-dealkylation sites (tertiary alicyclic amines) is 1. The van der Waals surface area contributed by atoms with Gasteiger partial charge in [-0.25, -0.2) is 8.42 Å². The minimum Gasteiger partial charge on any atom is -0.336 e. The molecule has 0 N–H and O–H groups in total. The fourth-order valence-corrected chi connectivity index (χ4v) is 3.95. The summed E-state index contributed by atoms with van der Waals surface area (Å²) in [6, 6.07) is 7.32. The molecule has 1 amide bonds. The maximum Gasteiger partial charge on any atom is 0.253 e. The predicted octanol–water partition coefficient (Wildman–Crippen LogP) is 1.80. The zero-order chi connectivity index (χ0) is 15.9. The van der Waals surface area contributed by atoms with Crippen LogP contribution in [0.4, 0.5) is 0 Å². The Balaban J connectivity index is 1.81. The van der Waals surface area contributed by atoms with Crippen molar-refractivity contribution in [3.8, 4) is 0 Å². The van der Waals surface area contributed by atoms with Crippen molar-refractivity contribution in [1.82, 2.24) is 9.88 Å². The number of benzene rings is 1. The summed E-state index contributed by atoms with van der Waals surface area (Å²) in [7, 11) is -3.06. The summed E-state index contributed by atoms with van der Waals surface area (Å²) in [4.78, 5) is 18.3. The number of sulfone groups is 1. The molecule has 0 bridgehead atoms. The quantitative estimate of drug-likeness (QED) is 0.865. The number of amides is 1. The van der Waals surface area contributed by atoms with E-state index in [0.717, 1.165) is 16.5 Å². The minimum atomic E-state index is -3.06. The van der Waals surface area contributed by atoms with Crippen molar-refractivity contribution in [3.63, 3.8) is 0 Å². The highest BCUT2D eigenvalue weighted by molar-refractivity contribution is 7.92. The number of aryl methyl sites for hydroxylation is 1. The third-order valence-electron chi connectivity index (χ3n) is 4.25. The molecule has 3 rings (SSSR count). The van der Waals surface area contributed by atoms with Crippen LogP contribution >= 0.6 is 0 Å². The standard InChI is InChI=1S/C16H18N2O3S/c1-3-22(20,21)13-9-18(10-13)16(19)12-4-5-15-14(8-12)11(2)6-7-17-15/h4-8,13H,3,9-10H2,1-2H3. The van der Waals surface area contributed by atoms with Gasteiger partial charge in [-0.15, -0.1) is 0 Å². The first-order valence-corrected chi connectivity index (χ1v) is 9.00. The molecule has 1 saturated heterocycles. The Hall–Kier alpha value is -1.95. The van der Waals surface area contributed by atoms with Gasteiger partial charge in [0.2, 0.25) is 0 Å². The Morgan fingerprint density at radius 1 is 1.32 bits per heavy atom. The van der Waals surface area contributed by atoms with Crippen LogP contribution in [-0.4, -0.2) is 48.3 Å². The van der Waals surface area contributed by atoms with Gasteiger partial charge in [-0.2, -0.15) is 0 Å². The zero-order valence-corrected chi connectivity index (χ0v) is 13.4. The molecule has 1 aliphatic heterocycles. The van der Waals surface area contributed by atoms with E-state index >= 15 is 0 Å². The van der Waals surface area contributed by atoms with Gasteiger partial charge in [0.25, 0.3) is 5.91 Å². The van der Waals surface area contributed by atoms with E-state index in [1.807, 2.05) is 25.1 Å². The molecular formula is C16H18N2O3S. The number of pyridine rings is 1. The average Bonchev–Trinajstić information content (AvgIpc) is 2.45. The summed E-state index contributed by atoms with van der Waals surface area (Å²) in [6.07, 6.45) is 1.74. The Labute approximate surface area is 129 Å². The highest BCUT2D eigenvalue weighted by Crippen LogP contribution is 2.23. The molecule has 1 fully saturated rings. The van der Waals surface area contributed by atoms with Crippen LogP contribution in [0.1, 0.15) is 22.8 Å². The molecular weight excluding hydrogens is 300 g/mol. The van der Waals surface area contributed by atoms with Gasteiger partial charge < -0.3 is 4.90 Å². The van der Waals surface area contributed by atoms with Crippen LogP contribution in [0.5, 0.6) is 0 Å². The third kappa shape index (κ3) is 2.47. The molecule has 116 valence electrons. The van der Waals surface area contributed by atoms with Crippen LogP contribution < -0.4 is 0 Å². The van der Waals surface area contributed by atoms with Crippen molar-refractivity contribution in [1.29, 1.82) is 0 Å². The molecule has 1 aromatic carbocycles. The molecule has 1 aliphatic rings. The molecule has 0 radical (unpaired) electrons. The number of hydrogen-bond acceptors (Lipinski definition) is 4. The number of fused-ring (bicyclic) bond motifs is 1. The molecule has 0 aliphatic carbocycles.